The fraction of sp³-hybridized carbons (Fsp3) is 0.500. The first kappa shape index (κ1) is 14.8. The first-order chi connectivity index (χ1) is 10.5. The number of aromatic amines is 1. The smallest absolute Gasteiger partial charge is 0.274 e. The van der Waals surface area contributed by atoms with Crippen LogP contribution in [0, 0.1) is 0 Å². The summed E-state index contributed by atoms with van der Waals surface area (Å²) in [7, 11) is 3.79. The lowest BCUT2D eigenvalue weighted by Gasteiger charge is -2.25. The van der Waals surface area contributed by atoms with E-state index in [1.165, 1.54) is 0 Å². The molecule has 2 aromatic rings. The molecule has 0 spiro atoms. The van der Waals surface area contributed by atoms with E-state index in [9.17, 15) is 4.79 Å². The number of nitrogens with zero attached hydrogens (tertiary/aromatic N) is 3. The van der Waals surface area contributed by atoms with Crippen molar-refractivity contribution in [3.05, 3.63) is 41.0 Å². The van der Waals surface area contributed by atoms with Crippen LogP contribution in [0.25, 0.3) is 0 Å². The van der Waals surface area contributed by atoms with Gasteiger partial charge in [-0.05, 0) is 26.0 Å². The Morgan fingerprint density at radius 2 is 2.32 bits per heavy atom. The van der Waals surface area contributed by atoms with E-state index < -0.39 is 0 Å². The van der Waals surface area contributed by atoms with Gasteiger partial charge in [0.1, 0.15) is 0 Å². The first-order valence-electron chi connectivity index (χ1n) is 7.55. The molecule has 0 aromatic carbocycles. The monoisotopic (exact) mass is 302 g/mol. The van der Waals surface area contributed by atoms with E-state index in [1.807, 2.05) is 50.8 Å². The average molecular weight is 302 g/mol. The molecule has 1 aliphatic heterocycles. The SMILES string of the molecule is C[C@@H]1Cc2c(C(=O)N(C)Cc3cccn3C)n[nH]c2[C@H](C)O1. The lowest BCUT2D eigenvalue weighted by molar-refractivity contribution is -0.00701. The molecule has 0 saturated heterocycles. The molecule has 3 rings (SSSR count). The molecule has 0 aliphatic carbocycles. The standard InChI is InChI=1S/C16H22N4O2/c1-10-8-13-14(11(2)22-10)17-18-15(13)16(21)20(4)9-12-6-5-7-19(12)3/h5-7,10-11H,8-9H2,1-4H3,(H,17,18)/t10-,11+/m1/s1. The summed E-state index contributed by atoms with van der Waals surface area (Å²) in [6.07, 6.45) is 2.75. The van der Waals surface area contributed by atoms with Crippen LogP contribution in [0.5, 0.6) is 0 Å². The van der Waals surface area contributed by atoms with Crippen LogP contribution in [-0.4, -0.2) is 38.7 Å². The minimum atomic E-state index is -0.0556. The molecule has 22 heavy (non-hydrogen) atoms. The van der Waals surface area contributed by atoms with Crippen LogP contribution in [0.1, 0.15) is 47.4 Å². The molecule has 118 valence electrons. The number of amides is 1. The van der Waals surface area contributed by atoms with Crippen LogP contribution < -0.4 is 0 Å². The third-order valence-electron chi connectivity index (χ3n) is 4.23. The van der Waals surface area contributed by atoms with E-state index in [0.29, 0.717) is 12.2 Å². The predicted octanol–water partition coefficient (Wildman–Crippen LogP) is 2.04. The summed E-state index contributed by atoms with van der Waals surface area (Å²) in [5.41, 5.74) is 3.53. The molecule has 0 radical (unpaired) electrons. The lowest BCUT2D eigenvalue weighted by Crippen LogP contribution is -2.30. The van der Waals surface area contributed by atoms with Crippen LogP contribution in [0.15, 0.2) is 18.3 Å². The Morgan fingerprint density at radius 3 is 3.00 bits per heavy atom. The maximum Gasteiger partial charge on any atom is 0.274 e. The molecule has 0 saturated carbocycles. The van der Waals surface area contributed by atoms with Gasteiger partial charge in [-0.1, -0.05) is 0 Å². The van der Waals surface area contributed by atoms with E-state index in [4.69, 9.17) is 4.74 Å². The van der Waals surface area contributed by atoms with E-state index in [-0.39, 0.29) is 18.1 Å². The van der Waals surface area contributed by atoms with Gasteiger partial charge in [0.15, 0.2) is 5.69 Å². The van der Waals surface area contributed by atoms with Crippen molar-refractivity contribution in [2.24, 2.45) is 7.05 Å². The second-order valence-electron chi connectivity index (χ2n) is 6.03. The Kier molecular flexibility index (Phi) is 3.78. The highest BCUT2D eigenvalue weighted by Crippen LogP contribution is 2.30. The number of carbonyl (C=O) groups excluding carboxylic acids is 1. The van der Waals surface area contributed by atoms with Crippen molar-refractivity contribution in [1.29, 1.82) is 0 Å². The summed E-state index contributed by atoms with van der Waals surface area (Å²) in [6.45, 7) is 4.56. The number of H-pyrrole nitrogens is 1. The van der Waals surface area contributed by atoms with Gasteiger partial charge < -0.3 is 14.2 Å². The zero-order valence-corrected chi connectivity index (χ0v) is 13.5. The third kappa shape index (κ3) is 2.54. The largest absolute Gasteiger partial charge is 0.369 e. The highest BCUT2D eigenvalue weighted by atomic mass is 16.5. The third-order valence-corrected chi connectivity index (χ3v) is 4.23. The van der Waals surface area contributed by atoms with E-state index in [0.717, 1.165) is 23.4 Å². The molecule has 1 aliphatic rings. The zero-order chi connectivity index (χ0) is 15.9. The first-order valence-corrected chi connectivity index (χ1v) is 7.55. The van der Waals surface area contributed by atoms with Crippen molar-refractivity contribution in [2.45, 2.75) is 39.0 Å². The molecule has 2 aromatic heterocycles. The summed E-state index contributed by atoms with van der Waals surface area (Å²) in [5.74, 6) is -0.0556. The van der Waals surface area contributed by atoms with Crippen LogP contribution in [0.4, 0.5) is 0 Å². The molecule has 1 N–H and O–H groups in total. The molecule has 3 heterocycles. The molecule has 2 atom stereocenters. The molecule has 1 amide bonds. The fourth-order valence-corrected chi connectivity index (χ4v) is 3.01. The van der Waals surface area contributed by atoms with Crippen molar-refractivity contribution in [2.75, 3.05) is 7.05 Å². The summed E-state index contributed by atoms with van der Waals surface area (Å²) in [5, 5.41) is 7.23. The number of carbonyl (C=O) groups is 1. The maximum absolute atomic E-state index is 12.7. The maximum atomic E-state index is 12.7. The van der Waals surface area contributed by atoms with Crippen LogP contribution in [0.2, 0.25) is 0 Å². The number of rotatable bonds is 3. The molecule has 0 bridgehead atoms. The van der Waals surface area contributed by atoms with Gasteiger partial charge in [0.25, 0.3) is 5.91 Å². The number of fused-ring (bicyclic) bond motifs is 1. The second kappa shape index (κ2) is 5.61. The summed E-state index contributed by atoms with van der Waals surface area (Å²) in [6, 6.07) is 3.99. The Balaban J connectivity index is 1.82. The highest BCUT2D eigenvalue weighted by molar-refractivity contribution is 5.93. The number of nitrogens with one attached hydrogen (secondary N) is 1. The number of aryl methyl sites for hydroxylation is 1. The zero-order valence-electron chi connectivity index (χ0n) is 13.5. The topological polar surface area (TPSA) is 63.2 Å². The van der Waals surface area contributed by atoms with Gasteiger partial charge >= 0.3 is 0 Å². The van der Waals surface area contributed by atoms with Crippen molar-refractivity contribution in [3.63, 3.8) is 0 Å². The quantitative estimate of drug-likeness (QED) is 0.943. The summed E-state index contributed by atoms with van der Waals surface area (Å²) >= 11 is 0. The van der Waals surface area contributed by atoms with Crippen molar-refractivity contribution >= 4 is 5.91 Å². The Hall–Kier alpha value is -2.08. The van der Waals surface area contributed by atoms with E-state index >= 15 is 0 Å². The van der Waals surface area contributed by atoms with E-state index in [2.05, 4.69) is 10.2 Å². The Bertz CT molecular complexity index is 688. The van der Waals surface area contributed by atoms with Gasteiger partial charge in [-0.25, -0.2) is 0 Å². The summed E-state index contributed by atoms with van der Waals surface area (Å²) < 4.78 is 7.78. The predicted molar refractivity (Wildman–Crippen MR) is 82.5 cm³/mol. The van der Waals surface area contributed by atoms with Crippen LogP contribution in [0.3, 0.4) is 0 Å². The van der Waals surface area contributed by atoms with Crippen molar-refractivity contribution < 1.29 is 9.53 Å². The van der Waals surface area contributed by atoms with Gasteiger partial charge in [0.2, 0.25) is 0 Å². The van der Waals surface area contributed by atoms with Crippen molar-refractivity contribution in [3.8, 4) is 0 Å². The molecule has 0 fully saturated rings. The van der Waals surface area contributed by atoms with Gasteiger partial charge in [-0.3, -0.25) is 9.89 Å². The van der Waals surface area contributed by atoms with Gasteiger partial charge in [-0.2, -0.15) is 5.10 Å². The lowest BCUT2D eigenvalue weighted by atomic mass is 9.99. The number of ether oxygens (including phenoxy) is 1. The second-order valence-corrected chi connectivity index (χ2v) is 6.03. The highest BCUT2D eigenvalue weighted by Gasteiger charge is 2.30. The van der Waals surface area contributed by atoms with Gasteiger partial charge in [0.05, 0.1) is 24.4 Å². The molecular weight excluding hydrogens is 280 g/mol. The average Bonchev–Trinajstić information content (AvgIpc) is 3.05. The van der Waals surface area contributed by atoms with E-state index in [1.54, 1.807) is 4.90 Å². The summed E-state index contributed by atoms with van der Waals surface area (Å²) in [4.78, 5) is 14.4. The number of hydrogen-bond donors (Lipinski definition) is 1. The van der Waals surface area contributed by atoms with Gasteiger partial charge in [-0.15, -0.1) is 0 Å². The van der Waals surface area contributed by atoms with Crippen molar-refractivity contribution in [1.82, 2.24) is 19.7 Å². The van der Waals surface area contributed by atoms with Gasteiger partial charge in [0, 0.05) is 38.0 Å². The fourth-order valence-electron chi connectivity index (χ4n) is 3.01. The van der Waals surface area contributed by atoms with Crippen LogP contribution >= 0.6 is 0 Å². The molecule has 6 heteroatoms. The Labute approximate surface area is 130 Å². The number of hydrogen-bond acceptors (Lipinski definition) is 3. The number of aromatic nitrogens is 3. The Morgan fingerprint density at radius 1 is 1.55 bits per heavy atom. The molecule has 6 nitrogen and oxygen atoms in total. The molecule has 0 unspecified atom stereocenters. The van der Waals surface area contributed by atoms with Crippen LogP contribution in [-0.2, 0) is 24.8 Å². The minimum absolute atomic E-state index is 0.0500. The normalized spacial score (nSPS) is 20.7. The minimum Gasteiger partial charge on any atom is -0.369 e. The molecular formula is C16H22N4O2.